The normalized spacial score (nSPS) is 13.1. The van der Waals surface area contributed by atoms with Gasteiger partial charge < -0.3 is 10.4 Å². The molecule has 0 bridgehead atoms. The smallest absolute Gasteiger partial charge is 0.266 e. The Morgan fingerprint density at radius 3 is 0.962 bits per heavy atom. The summed E-state index contributed by atoms with van der Waals surface area (Å²) in [5.41, 5.74) is 0. The monoisotopic (exact) mass is 758 g/mol. The van der Waals surface area contributed by atoms with E-state index in [0.717, 1.165) is 38.5 Å². The third-order valence-corrected chi connectivity index (χ3v) is 11.8. The Bertz CT molecular complexity index is 836. The van der Waals surface area contributed by atoms with E-state index in [1.165, 1.54) is 199 Å². The Labute approximate surface area is 325 Å². The van der Waals surface area contributed by atoms with Gasteiger partial charge in [-0.2, -0.15) is 8.42 Å². The van der Waals surface area contributed by atoms with Crippen LogP contribution in [-0.4, -0.2) is 41.9 Å². The minimum atomic E-state index is -4.31. The fourth-order valence-electron chi connectivity index (χ4n) is 7.58. The molecule has 0 saturated heterocycles. The molecule has 0 radical (unpaired) electrons. The SMILES string of the molecule is CCCCCCCCCCCCCCCCCCCCCCC(=O)NC(CS(=O)(=O)O)C(O)CCCCCCCCCCCCCCCCCCC. The van der Waals surface area contributed by atoms with Crippen molar-refractivity contribution in [3.05, 3.63) is 0 Å². The summed E-state index contributed by atoms with van der Waals surface area (Å²) in [6, 6.07) is -0.964. The third kappa shape index (κ3) is 40.5. The van der Waals surface area contributed by atoms with Crippen LogP contribution in [0.25, 0.3) is 0 Å². The molecule has 0 aromatic carbocycles. The first-order valence-electron chi connectivity index (χ1n) is 23.2. The predicted molar refractivity (Wildman–Crippen MR) is 226 cm³/mol. The molecule has 7 heteroatoms. The van der Waals surface area contributed by atoms with Crippen LogP contribution < -0.4 is 5.32 Å². The first kappa shape index (κ1) is 51.3. The first-order valence-corrected chi connectivity index (χ1v) is 24.8. The highest BCUT2D eigenvalue weighted by atomic mass is 32.2. The average molecular weight is 758 g/mol. The summed E-state index contributed by atoms with van der Waals surface area (Å²) in [4.78, 5) is 12.6. The number of aliphatic hydroxyl groups excluding tert-OH is 1. The van der Waals surface area contributed by atoms with Gasteiger partial charge in [0, 0.05) is 6.42 Å². The van der Waals surface area contributed by atoms with Gasteiger partial charge in [-0.25, -0.2) is 0 Å². The van der Waals surface area contributed by atoms with E-state index in [1.54, 1.807) is 0 Å². The van der Waals surface area contributed by atoms with Crippen LogP contribution in [-0.2, 0) is 14.9 Å². The van der Waals surface area contributed by atoms with E-state index < -0.39 is 28.0 Å². The molecule has 0 spiro atoms. The van der Waals surface area contributed by atoms with Crippen molar-refractivity contribution in [2.24, 2.45) is 0 Å². The lowest BCUT2D eigenvalue weighted by molar-refractivity contribution is -0.122. The number of hydrogen-bond acceptors (Lipinski definition) is 4. The summed E-state index contributed by atoms with van der Waals surface area (Å²) >= 11 is 0. The summed E-state index contributed by atoms with van der Waals surface area (Å²) in [6.07, 6.45) is 47.7. The zero-order chi connectivity index (χ0) is 38.2. The number of hydrogen-bond donors (Lipinski definition) is 3. The van der Waals surface area contributed by atoms with Crippen LogP contribution in [0.3, 0.4) is 0 Å². The van der Waals surface area contributed by atoms with Crippen LogP contribution in [0.5, 0.6) is 0 Å². The van der Waals surface area contributed by atoms with E-state index in [9.17, 15) is 22.9 Å². The number of carbonyl (C=O) groups is 1. The number of aliphatic hydroxyl groups is 1. The molecular weight excluding hydrogens is 667 g/mol. The van der Waals surface area contributed by atoms with Crippen molar-refractivity contribution in [3.8, 4) is 0 Å². The zero-order valence-electron chi connectivity index (χ0n) is 35.0. The van der Waals surface area contributed by atoms with Crippen LogP contribution in [0.4, 0.5) is 0 Å². The first-order chi connectivity index (χ1) is 25.3. The van der Waals surface area contributed by atoms with Crippen molar-refractivity contribution in [3.63, 3.8) is 0 Å². The maximum atomic E-state index is 12.6. The van der Waals surface area contributed by atoms with Gasteiger partial charge in [0.1, 0.15) is 0 Å². The molecule has 0 saturated carbocycles. The molecule has 0 aromatic rings. The highest BCUT2D eigenvalue weighted by Gasteiger charge is 2.26. The van der Waals surface area contributed by atoms with Crippen LogP contribution in [0, 0.1) is 0 Å². The second-order valence-corrected chi connectivity index (χ2v) is 17.9. The van der Waals surface area contributed by atoms with Gasteiger partial charge in [-0.1, -0.05) is 245 Å². The minimum Gasteiger partial charge on any atom is -0.391 e. The maximum absolute atomic E-state index is 12.6. The van der Waals surface area contributed by atoms with E-state index in [1.807, 2.05) is 0 Å². The number of amides is 1. The van der Waals surface area contributed by atoms with E-state index in [2.05, 4.69) is 19.2 Å². The molecule has 0 aliphatic carbocycles. The molecule has 0 rings (SSSR count). The largest absolute Gasteiger partial charge is 0.391 e. The Morgan fingerprint density at radius 2 is 0.692 bits per heavy atom. The van der Waals surface area contributed by atoms with Gasteiger partial charge in [-0.15, -0.1) is 0 Å². The Hall–Kier alpha value is -0.660. The van der Waals surface area contributed by atoms with Gasteiger partial charge in [-0.3, -0.25) is 9.35 Å². The molecule has 0 aromatic heterocycles. The fourth-order valence-corrected chi connectivity index (χ4v) is 8.33. The molecule has 312 valence electrons. The van der Waals surface area contributed by atoms with Gasteiger partial charge in [0.25, 0.3) is 10.1 Å². The van der Waals surface area contributed by atoms with E-state index in [4.69, 9.17) is 0 Å². The van der Waals surface area contributed by atoms with Crippen LogP contribution in [0.15, 0.2) is 0 Å². The predicted octanol–water partition coefficient (Wildman–Crippen LogP) is 14.0. The highest BCUT2D eigenvalue weighted by Crippen LogP contribution is 2.17. The zero-order valence-corrected chi connectivity index (χ0v) is 35.8. The van der Waals surface area contributed by atoms with Crippen molar-refractivity contribution in [1.29, 1.82) is 0 Å². The second-order valence-electron chi connectivity index (χ2n) is 16.4. The van der Waals surface area contributed by atoms with Crippen LogP contribution in [0.1, 0.15) is 264 Å². The highest BCUT2D eigenvalue weighted by molar-refractivity contribution is 7.85. The molecule has 0 heterocycles. The Kier molecular flexibility index (Phi) is 39.5. The van der Waals surface area contributed by atoms with Crippen LogP contribution >= 0.6 is 0 Å². The van der Waals surface area contributed by atoms with Gasteiger partial charge in [0.05, 0.1) is 17.9 Å². The quantitative estimate of drug-likeness (QED) is 0.0424. The Morgan fingerprint density at radius 1 is 0.442 bits per heavy atom. The molecule has 0 aliphatic heterocycles. The summed E-state index contributed by atoms with van der Waals surface area (Å²) in [7, 11) is -4.31. The molecular formula is C45H91NO5S. The lowest BCUT2D eigenvalue weighted by Crippen LogP contribution is -2.47. The molecule has 6 nitrogen and oxygen atoms in total. The maximum Gasteiger partial charge on any atom is 0.266 e. The van der Waals surface area contributed by atoms with Crippen molar-refractivity contribution in [2.75, 3.05) is 5.75 Å². The molecule has 52 heavy (non-hydrogen) atoms. The Balaban J connectivity index is 3.75. The molecule has 2 atom stereocenters. The van der Waals surface area contributed by atoms with Crippen LogP contribution in [0.2, 0.25) is 0 Å². The van der Waals surface area contributed by atoms with Crippen molar-refractivity contribution >= 4 is 16.0 Å². The number of carbonyl (C=O) groups excluding carboxylic acids is 1. The summed E-state index contributed by atoms with van der Waals surface area (Å²) in [5, 5.41) is 13.4. The second kappa shape index (κ2) is 40.0. The average Bonchev–Trinajstić information content (AvgIpc) is 3.11. The van der Waals surface area contributed by atoms with E-state index >= 15 is 0 Å². The lowest BCUT2D eigenvalue weighted by atomic mass is 10.0. The summed E-state index contributed by atoms with van der Waals surface area (Å²) < 4.78 is 32.6. The van der Waals surface area contributed by atoms with Crippen molar-refractivity contribution in [2.45, 2.75) is 276 Å². The number of rotatable bonds is 43. The topological polar surface area (TPSA) is 104 Å². The minimum absolute atomic E-state index is 0.238. The summed E-state index contributed by atoms with van der Waals surface area (Å²) in [6.45, 7) is 4.55. The lowest BCUT2D eigenvalue weighted by Gasteiger charge is -2.23. The van der Waals surface area contributed by atoms with Crippen molar-refractivity contribution < 1.29 is 22.9 Å². The van der Waals surface area contributed by atoms with Crippen molar-refractivity contribution in [1.82, 2.24) is 5.32 Å². The number of unbranched alkanes of at least 4 members (excludes halogenated alkanes) is 35. The molecule has 0 fully saturated rings. The molecule has 0 aliphatic rings. The standard InChI is InChI=1S/C45H91NO5S/c1-3-5-7-9-11-13-15-17-19-21-22-23-25-27-29-31-33-35-37-39-41-45(48)46-43(42-52(49,50)51)44(47)40-38-36-34-32-30-28-26-24-20-18-16-14-12-10-8-6-4-2/h43-44,47H,3-42H2,1-2H3,(H,46,48)(H,49,50,51). The fraction of sp³-hybridized carbons (Fsp3) is 0.978. The van der Waals surface area contributed by atoms with Gasteiger partial charge in [0.2, 0.25) is 5.91 Å². The molecule has 1 amide bonds. The summed E-state index contributed by atoms with van der Waals surface area (Å²) in [5.74, 6) is -0.879. The third-order valence-electron chi connectivity index (χ3n) is 11.1. The molecule has 2 unspecified atom stereocenters. The van der Waals surface area contributed by atoms with Gasteiger partial charge in [0.15, 0.2) is 0 Å². The molecule has 3 N–H and O–H groups in total. The number of nitrogens with one attached hydrogen (secondary N) is 1. The van der Waals surface area contributed by atoms with E-state index in [-0.39, 0.29) is 5.91 Å². The van der Waals surface area contributed by atoms with Gasteiger partial charge >= 0.3 is 0 Å². The van der Waals surface area contributed by atoms with E-state index in [0.29, 0.717) is 12.8 Å². The van der Waals surface area contributed by atoms with Gasteiger partial charge in [-0.05, 0) is 12.8 Å².